The summed E-state index contributed by atoms with van der Waals surface area (Å²) in [7, 11) is 1.33. The molecular formula is C23H22F3N5O3. The lowest BCUT2D eigenvalue weighted by Crippen LogP contribution is -2.31. The van der Waals surface area contributed by atoms with Gasteiger partial charge in [0.1, 0.15) is 11.4 Å². The molecule has 0 bridgehead atoms. The van der Waals surface area contributed by atoms with Gasteiger partial charge in [-0.2, -0.15) is 9.78 Å². The van der Waals surface area contributed by atoms with Crippen LogP contribution in [0.1, 0.15) is 51.9 Å². The fraction of sp³-hybridized carbons (Fsp3) is 0.217. The van der Waals surface area contributed by atoms with Crippen LogP contribution in [-0.4, -0.2) is 28.6 Å². The smallest absolute Gasteiger partial charge is 0.272 e. The van der Waals surface area contributed by atoms with Crippen molar-refractivity contribution in [3.63, 3.8) is 0 Å². The summed E-state index contributed by atoms with van der Waals surface area (Å²) < 4.78 is 43.0. The van der Waals surface area contributed by atoms with E-state index in [9.17, 15) is 27.6 Å². The minimum absolute atomic E-state index is 0.105. The van der Waals surface area contributed by atoms with Crippen molar-refractivity contribution in [2.24, 2.45) is 0 Å². The van der Waals surface area contributed by atoms with Crippen molar-refractivity contribution in [2.45, 2.75) is 25.8 Å². The number of nitrogens with two attached hydrogens (primary N) is 1. The lowest BCUT2D eigenvalue weighted by Gasteiger charge is -2.18. The lowest BCUT2D eigenvalue weighted by atomic mass is 10.0. The molecule has 0 spiro atoms. The van der Waals surface area contributed by atoms with Gasteiger partial charge < -0.3 is 16.4 Å². The number of nitrogens with one attached hydrogen (secondary N) is 2. The van der Waals surface area contributed by atoms with E-state index in [1.807, 2.05) is 0 Å². The van der Waals surface area contributed by atoms with E-state index in [0.29, 0.717) is 10.2 Å². The summed E-state index contributed by atoms with van der Waals surface area (Å²) in [5.74, 6) is -5.56. The second kappa shape index (κ2) is 9.38. The monoisotopic (exact) mass is 473 g/mol. The van der Waals surface area contributed by atoms with Gasteiger partial charge in [-0.15, -0.1) is 0 Å². The van der Waals surface area contributed by atoms with E-state index in [0.717, 1.165) is 25.1 Å². The first-order valence-corrected chi connectivity index (χ1v) is 10.1. The van der Waals surface area contributed by atoms with Crippen LogP contribution in [0.25, 0.3) is 5.69 Å². The minimum Gasteiger partial charge on any atom is -0.399 e. The van der Waals surface area contributed by atoms with Gasteiger partial charge in [-0.25, -0.2) is 13.2 Å². The van der Waals surface area contributed by atoms with Crippen molar-refractivity contribution in [3.8, 4) is 5.69 Å². The number of aromatic nitrogens is 2. The number of halogens is 3. The number of carbonyl (C=O) groups is 2. The third-order valence-electron chi connectivity index (χ3n) is 5.04. The average Bonchev–Trinajstić information content (AvgIpc) is 2.78. The maximum atomic E-state index is 14.9. The molecule has 0 saturated carbocycles. The van der Waals surface area contributed by atoms with Gasteiger partial charge in [0, 0.05) is 31.3 Å². The third-order valence-corrected chi connectivity index (χ3v) is 5.04. The van der Waals surface area contributed by atoms with Gasteiger partial charge in [-0.3, -0.25) is 14.4 Å². The highest BCUT2D eigenvalue weighted by atomic mass is 19.3. The zero-order chi connectivity index (χ0) is 25.2. The largest absolute Gasteiger partial charge is 0.399 e. The molecule has 0 fully saturated rings. The number of alkyl halides is 2. The normalized spacial score (nSPS) is 12.2. The van der Waals surface area contributed by atoms with Crippen molar-refractivity contribution in [1.29, 1.82) is 0 Å². The summed E-state index contributed by atoms with van der Waals surface area (Å²) in [6.45, 7) is 2.30. The summed E-state index contributed by atoms with van der Waals surface area (Å²) in [6.07, 6.45) is 0. The molecule has 11 heteroatoms. The quantitative estimate of drug-likeness (QED) is 0.476. The Morgan fingerprint density at radius 1 is 1.12 bits per heavy atom. The van der Waals surface area contributed by atoms with Gasteiger partial charge in [-0.05, 0) is 48.9 Å². The predicted octanol–water partition coefficient (Wildman–Crippen LogP) is 2.92. The highest BCUT2D eigenvalue weighted by molar-refractivity contribution is 5.95. The van der Waals surface area contributed by atoms with Crippen LogP contribution in [0.4, 0.5) is 18.9 Å². The zero-order valence-electron chi connectivity index (χ0n) is 18.5. The van der Waals surface area contributed by atoms with Crippen molar-refractivity contribution >= 4 is 17.5 Å². The second-order valence-electron chi connectivity index (χ2n) is 7.66. The first kappa shape index (κ1) is 24.5. The molecule has 1 heterocycles. The van der Waals surface area contributed by atoms with E-state index in [-0.39, 0.29) is 28.2 Å². The maximum absolute atomic E-state index is 14.9. The Balaban J connectivity index is 1.93. The van der Waals surface area contributed by atoms with Crippen molar-refractivity contribution in [1.82, 2.24) is 20.4 Å². The molecule has 34 heavy (non-hydrogen) atoms. The van der Waals surface area contributed by atoms with Gasteiger partial charge in [0.15, 0.2) is 5.82 Å². The number of benzene rings is 2. The molecule has 1 aromatic heterocycles. The Morgan fingerprint density at radius 2 is 1.82 bits per heavy atom. The molecule has 1 atom stereocenters. The Hall–Kier alpha value is -4.15. The molecule has 0 unspecified atom stereocenters. The SMILES string of the molecule is CNC(=O)c1cccc(-n2nc(C(=O)N[C@H](C)c3cc(N)cc(C(C)(F)F)c3)ccc2=O)c1F. The summed E-state index contributed by atoms with van der Waals surface area (Å²) in [5, 5.41) is 8.81. The molecular weight excluding hydrogens is 451 g/mol. The van der Waals surface area contributed by atoms with Gasteiger partial charge in [0.05, 0.1) is 11.6 Å². The number of carbonyl (C=O) groups excluding carboxylic acids is 2. The van der Waals surface area contributed by atoms with E-state index in [2.05, 4.69) is 15.7 Å². The second-order valence-corrected chi connectivity index (χ2v) is 7.66. The van der Waals surface area contributed by atoms with E-state index in [1.54, 1.807) is 6.92 Å². The molecule has 0 aliphatic carbocycles. The molecule has 2 amide bonds. The molecule has 2 aromatic carbocycles. The standard InChI is InChI=1S/C23H22F3N5O3/c1-12(13-9-14(23(2,25)26)11-15(27)10-13)29-22(34)17-7-8-19(32)31(30-17)18-6-4-5-16(20(18)24)21(33)28-3/h4-12H,27H2,1-3H3,(H,28,33)(H,29,34)/t12-/m1/s1. The summed E-state index contributed by atoms with van der Waals surface area (Å²) in [4.78, 5) is 37.0. The maximum Gasteiger partial charge on any atom is 0.272 e. The van der Waals surface area contributed by atoms with Crippen LogP contribution < -0.4 is 21.9 Å². The van der Waals surface area contributed by atoms with Crippen molar-refractivity contribution in [2.75, 3.05) is 12.8 Å². The molecule has 0 radical (unpaired) electrons. The Bertz CT molecular complexity index is 1320. The van der Waals surface area contributed by atoms with E-state index in [1.165, 1.54) is 37.4 Å². The molecule has 0 aliphatic heterocycles. The summed E-state index contributed by atoms with van der Waals surface area (Å²) >= 11 is 0. The van der Waals surface area contributed by atoms with Crippen LogP contribution in [0.2, 0.25) is 0 Å². The van der Waals surface area contributed by atoms with Gasteiger partial charge in [-0.1, -0.05) is 6.07 Å². The minimum atomic E-state index is -3.13. The lowest BCUT2D eigenvalue weighted by molar-refractivity contribution is 0.0174. The van der Waals surface area contributed by atoms with Crippen LogP contribution in [0.3, 0.4) is 0 Å². The first-order chi connectivity index (χ1) is 15.9. The van der Waals surface area contributed by atoms with E-state index >= 15 is 0 Å². The zero-order valence-corrected chi connectivity index (χ0v) is 18.5. The van der Waals surface area contributed by atoms with Crippen LogP contribution in [0, 0.1) is 5.82 Å². The van der Waals surface area contributed by atoms with Crippen molar-refractivity contribution in [3.05, 3.63) is 87.1 Å². The van der Waals surface area contributed by atoms with Gasteiger partial charge in [0.25, 0.3) is 23.3 Å². The number of nitrogens with zero attached hydrogens (tertiary/aromatic N) is 2. The number of hydrogen-bond donors (Lipinski definition) is 3. The number of anilines is 1. The van der Waals surface area contributed by atoms with Gasteiger partial charge in [0.2, 0.25) is 0 Å². The molecule has 4 N–H and O–H groups in total. The van der Waals surface area contributed by atoms with Crippen molar-refractivity contribution < 1.29 is 22.8 Å². The third kappa shape index (κ3) is 5.08. The Morgan fingerprint density at radius 3 is 2.47 bits per heavy atom. The highest BCUT2D eigenvalue weighted by Crippen LogP contribution is 2.31. The molecule has 8 nitrogen and oxygen atoms in total. The highest BCUT2D eigenvalue weighted by Gasteiger charge is 2.26. The van der Waals surface area contributed by atoms with E-state index in [4.69, 9.17) is 5.73 Å². The number of hydrogen-bond acceptors (Lipinski definition) is 5. The van der Waals surface area contributed by atoms with Crippen LogP contribution in [0.15, 0.2) is 53.3 Å². The van der Waals surface area contributed by atoms with E-state index < -0.39 is 35.2 Å². The fourth-order valence-electron chi connectivity index (χ4n) is 3.23. The predicted molar refractivity (Wildman–Crippen MR) is 119 cm³/mol. The number of nitrogen functional groups attached to an aromatic ring is 1. The molecule has 3 rings (SSSR count). The van der Waals surface area contributed by atoms with Crippen LogP contribution in [-0.2, 0) is 5.92 Å². The average molecular weight is 473 g/mol. The van der Waals surface area contributed by atoms with Gasteiger partial charge >= 0.3 is 0 Å². The molecule has 3 aromatic rings. The first-order valence-electron chi connectivity index (χ1n) is 10.1. The molecule has 0 aliphatic rings. The number of amides is 2. The van der Waals surface area contributed by atoms with Crippen LogP contribution in [0.5, 0.6) is 0 Å². The number of rotatable bonds is 6. The summed E-state index contributed by atoms with van der Waals surface area (Å²) in [6, 6.07) is 9.10. The Labute approximate surface area is 192 Å². The van der Waals surface area contributed by atoms with Crippen LogP contribution >= 0.6 is 0 Å². The Kier molecular flexibility index (Phi) is 6.75. The summed E-state index contributed by atoms with van der Waals surface area (Å²) in [5.41, 5.74) is 4.28. The fourth-order valence-corrected chi connectivity index (χ4v) is 3.23. The molecule has 0 saturated heterocycles. The topological polar surface area (TPSA) is 119 Å². The molecule has 178 valence electrons.